The molecule has 2 rings (SSSR count). The van der Waals surface area contributed by atoms with E-state index in [4.69, 9.17) is 0 Å². The fourth-order valence-corrected chi connectivity index (χ4v) is 2.83. The van der Waals surface area contributed by atoms with E-state index >= 15 is 0 Å². The molecule has 1 aromatic carbocycles. The first kappa shape index (κ1) is 19.6. The number of hydrogen-bond donors (Lipinski definition) is 1. The van der Waals surface area contributed by atoms with Gasteiger partial charge >= 0.3 is 0 Å². The normalized spacial score (nSPS) is 16.6. The van der Waals surface area contributed by atoms with Crippen molar-refractivity contribution in [1.82, 2.24) is 10.2 Å². The van der Waals surface area contributed by atoms with Gasteiger partial charge in [-0.05, 0) is 32.0 Å². The Bertz CT molecular complexity index is 545. The first-order valence-corrected chi connectivity index (χ1v) is 7.76. The number of carbonyl (C=O) groups is 2. The lowest BCUT2D eigenvalue weighted by Crippen LogP contribution is -2.44. The Kier molecular flexibility index (Phi) is 7.65. The van der Waals surface area contributed by atoms with E-state index in [1.807, 2.05) is 11.9 Å². The zero-order valence-electron chi connectivity index (χ0n) is 13.5. The number of carbonyl (C=O) groups excluding carboxylic acids is 2. The van der Waals surface area contributed by atoms with E-state index in [-0.39, 0.29) is 30.5 Å². The summed E-state index contributed by atoms with van der Waals surface area (Å²) in [5, 5.41) is 3.22. The topological polar surface area (TPSA) is 49.4 Å². The molecule has 0 radical (unpaired) electrons. The van der Waals surface area contributed by atoms with Gasteiger partial charge in [-0.15, -0.1) is 12.4 Å². The number of hydrogen-bond acceptors (Lipinski definition) is 3. The molecule has 1 atom stereocenters. The van der Waals surface area contributed by atoms with Gasteiger partial charge in [0.15, 0.2) is 5.78 Å². The number of ketones is 1. The third-order valence-electron chi connectivity index (χ3n) is 4.29. The van der Waals surface area contributed by atoms with Crippen LogP contribution in [0.4, 0.5) is 4.39 Å². The molecule has 0 aromatic heterocycles. The fourth-order valence-electron chi connectivity index (χ4n) is 2.83. The van der Waals surface area contributed by atoms with Crippen LogP contribution in [-0.2, 0) is 4.79 Å². The number of halogens is 2. The van der Waals surface area contributed by atoms with Gasteiger partial charge < -0.3 is 10.2 Å². The maximum Gasteiger partial charge on any atom is 0.223 e. The van der Waals surface area contributed by atoms with Crippen molar-refractivity contribution in [3.05, 3.63) is 35.6 Å². The van der Waals surface area contributed by atoms with Crippen LogP contribution in [-0.4, -0.2) is 42.8 Å². The molecule has 6 heteroatoms. The molecule has 1 N–H and O–H groups in total. The highest BCUT2D eigenvalue weighted by molar-refractivity contribution is 5.99. The second-order valence-electron chi connectivity index (χ2n) is 5.92. The van der Waals surface area contributed by atoms with E-state index in [9.17, 15) is 14.0 Å². The summed E-state index contributed by atoms with van der Waals surface area (Å²) in [6, 6.07) is 6.10. The molecular formula is C17H24ClFN2O2. The summed E-state index contributed by atoms with van der Waals surface area (Å²) >= 11 is 0. The van der Waals surface area contributed by atoms with Gasteiger partial charge in [-0.3, -0.25) is 9.59 Å². The number of benzene rings is 1. The molecule has 1 amide bonds. The highest BCUT2D eigenvalue weighted by Gasteiger charge is 2.25. The first-order chi connectivity index (χ1) is 10.5. The third kappa shape index (κ3) is 5.29. The molecule has 128 valence electrons. The summed E-state index contributed by atoms with van der Waals surface area (Å²) in [6.45, 7) is 3.18. The SMILES string of the molecule is CNC1CCN(C(=O)CC(C)C(=O)c2cccc(F)c2)CC1.Cl. The quantitative estimate of drug-likeness (QED) is 0.837. The number of rotatable bonds is 5. The van der Waals surface area contributed by atoms with Crippen molar-refractivity contribution in [3.8, 4) is 0 Å². The fraction of sp³-hybridized carbons (Fsp3) is 0.529. The average Bonchev–Trinajstić information content (AvgIpc) is 2.54. The van der Waals surface area contributed by atoms with Crippen molar-refractivity contribution in [3.63, 3.8) is 0 Å². The lowest BCUT2D eigenvalue weighted by Gasteiger charge is -2.32. The van der Waals surface area contributed by atoms with Gasteiger partial charge in [-0.25, -0.2) is 4.39 Å². The molecular weight excluding hydrogens is 319 g/mol. The molecule has 0 spiro atoms. The Labute approximate surface area is 142 Å². The maximum absolute atomic E-state index is 13.2. The molecule has 0 bridgehead atoms. The van der Waals surface area contributed by atoms with Gasteiger partial charge in [-0.1, -0.05) is 19.1 Å². The minimum atomic E-state index is -0.434. The number of nitrogens with one attached hydrogen (secondary N) is 1. The predicted octanol–water partition coefficient (Wildman–Crippen LogP) is 2.67. The largest absolute Gasteiger partial charge is 0.343 e. The number of Topliss-reactive ketones (excluding diaryl/α,β-unsaturated/α-hetero) is 1. The van der Waals surface area contributed by atoms with Crippen LogP contribution in [0.2, 0.25) is 0 Å². The zero-order chi connectivity index (χ0) is 16.1. The highest BCUT2D eigenvalue weighted by atomic mass is 35.5. The summed E-state index contributed by atoms with van der Waals surface area (Å²) in [5.74, 6) is -1.04. The predicted molar refractivity (Wildman–Crippen MR) is 90.4 cm³/mol. The monoisotopic (exact) mass is 342 g/mol. The molecule has 1 fully saturated rings. The standard InChI is InChI=1S/C17H23FN2O2.ClH/c1-12(17(22)13-4-3-5-14(18)11-13)10-16(21)20-8-6-15(19-2)7-9-20;/h3-5,11-12,15,19H,6-10H2,1-2H3;1H. The molecule has 0 saturated carbocycles. The van der Waals surface area contributed by atoms with Gasteiger partial charge in [0, 0.05) is 37.0 Å². The van der Waals surface area contributed by atoms with E-state index in [0.717, 1.165) is 25.9 Å². The number of piperidine rings is 1. The van der Waals surface area contributed by atoms with Crippen molar-refractivity contribution in [1.29, 1.82) is 0 Å². The van der Waals surface area contributed by atoms with Gasteiger partial charge in [0.25, 0.3) is 0 Å². The Morgan fingerprint density at radius 1 is 1.35 bits per heavy atom. The van der Waals surface area contributed by atoms with Crippen LogP contribution < -0.4 is 5.32 Å². The minimum Gasteiger partial charge on any atom is -0.343 e. The van der Waals surface area contributed by atoms with Gasteiger partial charge in [0.1, 0.15) is 5.82 Å². The average molecular weight is 343 g/mol. The van der Waals surface area contributed by atoms with Gasteiger partial charge in [-0.2, -0.15) is 0 Å². The maximum atomic E-state index is 13.2. The lowest BCUT2D eigenvalue weighted by molar-refractivity contribution is -0.132. The smallest absolute Gasteiger partial charge is 0.223 e. The Hall–Kier alpha value is -1.46. The van der Waals surface area contributed by atoms with Gasteiger partial charge in [0.2, 0.25) is 5.91 Å². The van der Waals surface area contributed by atoms with Crippen molar-refractivity contribution in [2.75, 3.05) is 20.1 Å². The zero-order valence-corrected chi connectivity index (χ0v) is 14.4. The lowest BCUT2D eigenvalue weighted by atomic mass is 9.95. The second-order valence-corrected chi connectivity index (χ2v) is 5.92. The second kappa shape index (κ2) is 8.99. The Morgan fingerprint density at radius 3 is 2.57 bits per heavy atom. The third-order valence-corrected chi connectivity index (χ3v) is 4.29. The number of amides is 1. The Morgan fingerprint density at radius 2 is 2.00 bits per heavy atom. The van der Waals surface area contributed by atoms with Crippen LogP contribution in [0.1, 0.15) is 36.5 Å². The minimum absolute atomic E-state index is 0. The van der Waals surface area contributed by atoms with Crippen LogP contribution in [0.15, 0.2) is 24.3 Å². The molecule has 0 aliphatic carbocycles. The highest BCUT2D eigenvalue weighted by Crippen LogP contribution is 2.17. The van der Waals surface area contributed by atoms with Gasteiger partial charge in [0.05, 0.1) is 0 Å². The number of nitrogens with zero attached hydrogens (tertiary/aromatic N) is 1. The summed E-state index contributed by atoms with van der Waals surface area (Å²) in [5.41, 5.74) is 0.328. The van der Waals surface area contributed by atoms with Crippen LogP contribution in [0, 0.1) is 11.7 Å². The van der Waals surface area contributed by atoms with Crippen LogP contribution >= 0.6 is 12.4 Å². The number of likely N-dealkylation sites (tertiary alicyclic amines) is 1. The molecule has 23 heavy (non-hydrogen) atoms. The van der Waals surface area contributed by atoms with Crippen molar-refractivity contribution < 1.29 is 14.0 Å². The summed E-state index contributed by atoms with van der Waals surface area (Å²) < 4.78 is 13.2. The summed E-state index contributed by atoms with van der Waals surface area (Å²) in [4.78, 5) is 26.4. The van der Waals surface area contributed by atoms with Crippen molar-refractivity contribution in [2.45, 2.75) is 32.2 Å². The molecule has 1 saturated heterocycles. The summed E-state index contributed by atoms with van der Waals surface area (Å²) in [6.07, 6.45) is 2.06. The summed E-state index contributed by atoms with van der Waals surface area (Å²) in [7, 11) is 1.93. The molecule has 1 heterocycles. The van der Waals surface area contributed by atoms with Crippen LogP contribution in [0.25, 0.3) is 0 Å². The van der Waals surface area contributed by atoms with Crippen LogP contribution in [0.3, 0.4) is 0 Å². The Balaban J connectivity index is 0.00000264. The van der Waals surface area contributed by atoms with E-state index in [2.05, 4.69) is 5.32 Å². The molecule has 1 aliphatic heterocycles. The van der Waals surface area contributed by atoms with Crippen molar-refractivity contribution >= 4 is 24.1 Å². The molecule has 4 nitrogen and oxygen atoms in total. The molecule has 1 aromatic rings. The van der Waals surface area contributed by atoms with E-state index in [1.54, 1.807) is 13.0 Å². The molecule has 1 aliphatic rings. The van der Waals surface area contributed by atoms with Crippen LogP contribution in [0.5, 0.6) is 0 Å². The van der Waals surface area contributed by atoms with E-state index < -0.39 is 11.7 Å². The van der Waals surface area contributed by atoms with Crippen molar-refractivity contribution in [2.24, 2.45) is 5.92 Å². The van der Waals surface area contributed by atoms with E-state index in [1.165, 1.54) is 18.2 Å². The molecule has 1 unspecified atom stereocenters. The first-order valence-electron chi connectivity index (χ1n) is 7.76. The van der Waals surface area contributed by atoms with E-state index in [0.29, 0.717) is 11.6 Å².